The normalized spacial score (nSPS) is 11.4. The molecule has 0 saturated heterocycles. The van der Waals surface area contributed by atoms with Gasteiger partial charge in [0.05, 0.1) is 11.2 Å². The van der Waals surface area contributed by atoms with Gasteiger partial charge in [0.25, 0.3) is 0 Å². The van der Waals surface area contributed by atoms with Crippen molar-refractivity contribution in [2.75, 3.05) is 37.2 Å². The second kappa shape index (κ2) is 15.2. The SMILES string of the molecule is CS(=O)(=O)Nc1cccc(-c2cc(Cl)ccc2OCCNCCNS(=O)(=O)c2cccc3c(Cl)nccc23)c1.Cl.Cl. The number of nitrogens with zero attached hydrogens (tertiary/aromatic N) is 1. The number of hydrogen-bond acceptors (Lipinski definition) is 7. The smallest absolute Gasteiger partial charge is 0.241 e. The summed E-state index contributed by atoms with van der Waals surface area (Å²) in [6, 6.07) is 18.6. The predicted molar refractivity (Wildman–Crippen MR) is 170 cm³/mol. The van der Waals surface area contributed by atoms with Crippen molar-refractivity contribution >= 4 is 84.5 Å². The van der Waals surface area contributed by atoms with Crippen molar-refractivity contribution in [1.82, 2.24) is 15.0 Å². The number of fused-ring (bicyclic) bond motifs is 1. The molecule has 0 aliphatic rings. The first-order valence-corrected chi connectivity index (χ1v) is 15.9. The minimum absolute atomic E-state index is 0. The molecule has 1 heterocycles. The van der Waals surface area contributed by atoms with Crippen molar-refractivity contribution in [2.45, 2.75) is 4.90 Å². The van der Waals surface area contributed by atoms with Crippen LogP contribution < -0.4 is 19.5 Å². The highest BCUT2D eigenvalue weighted by molar-refractivity contribution is 7.92. The second-order valence-corrected chi connectivity index (χ2v) is 12.8. The van der Waals surface area contributed by atoms with Gasteiger partial charge in [-0.3, -0.25) is 4.72 Å². The number of anilines is 1. The molecular weight excluding hydrogens is 654 g/mol. The molecule has 0 aliphatic carbocycles. The van der Waals surface area contributed by atoms with E-state index in [1.165, 1.54) is 12.3 Å². The highest BCUT2D eigenvalue weighted by Gasteiger charge is 2.17. The van der Waals surface area contributed by atoms with Crippen LogP contribution in [0.15, 0.2) is 77.8 Å². The third-order valence-corrected chi connectivity index (χ3v) is 8.22. The lowest BCUT2D eigenvalue weighted by molar-refractivity contribution is 0.316. The van der Waals surface area contributed by atoms with Crippen molar-refractivity contribution in [1.29, 1.82) is 0 Å². The summed E-state index contributed by atoms with van der Waals surface area (Å²) in [4.78, 5) is 4.13. The van der Waals surface area contributed by atoms with Crippen LogP contribution in [0.1, 0.15) is 0 Å². The number of ether oxygens (including phenoxy) is 1. The number of halogens is 4. The Labute approximate surface area is 261 Å². The molecule has 9 nitrogen and oxygen atoms in total. The van der Waals surface area contributed by atoms with Gasteiger partial charge in [0, 0.05) is 52.9 Å². The van der Waals surface area contributed by atoms with Crippen molar-refractivity contribution in [3.63, 3.8) is 0 Å². The Kier molecular flexibility index (Phi) is 12.9. The van der Waals surface area contributed by atoms with Crippen molar-refractivity contribution in [2.24, 2.45) is 0 Å². The molecule has 222 valence electrons. The zero-order valence-corrected chi connectivity index (χ0v) is 26.4. The molecule has 3 N–H and O–H groups in total. The number of hydrogen-bond donors (Lipinski definition) is 3. The van der Waals surface area contributed by atoms with Gasteiger partial charge in [-0.2, -0.15) is 0 Å². The molecule has 0 radical (unpaired) electrons. The molecule has 0 atom stereocenters. The standard InChI is InChI=1S/C26H26Cl2N4O5S2.2ClH/c1-38(33,34)32-20-5-2-4-18(16-20)23-17-19(27)8-9-24(23)37-15-14-29-12-13-31-39(35,36)25-7-3-6-22-21(25)10-11-30-26(22)28;;/h2-11,16-17,29,31-32H,12-15H2,1H3;2*1H. The van der Waals surface area contributed by atoms with E-state index in [0.717, 1.165) is 11.8 Å². The van der Waals surface area contributed by atoms with Gasteiger partial charge in [-0.25, -0.2) is 26.5 Å². The van der Waals surface area contributed by atoms with E-state index in [9.17, 15) is 16.8 Å². The number of benzene rings is 3. The quantitative estimate of drug-likeness (QED) is 0.136. The Morgan fingerprint density at radius 1 is 0.854 bits per heavy atom. The number of rotatable bonds is 12. The Morgan fingerprint density at radius 2 is 1.61 bits per heavy atom. The molecule has 15 heteroatoms. The summed E-state index contributed by atoms with van der Waals surface area (Å²) in [5.74, 6) is 0.572. The lowest BCUT2D eigenvalue weighted by atomic mass is 10.0. The molecule has 4 rings (SSSR count). The fraction of sp³-hybridized carbons (Fsp3) is 0.192. The van der Waals surface area contributed by atoms with Crippen LogP contribution in [-0.2, 0) is 20.0 Å². The average molecular weight is 682 g/mol. The molecule has 0 bridgehead atoms. The van der Waals surface area contributed by atoms with E-state index in [2.05, 4.69) is 19.7 Å². The lowest BCUT2D eigenvalue weighted by Gasteiger charge is -2.14. The van der Waals surface area contributed by atoms with Crippen LogP contribution in [0.5, 0.6) is 5.75 Å². The summed E-state index contributed by atoms with van der Waals surface area (Å²) < 4.78 is 59.9. The Morgan fingerprint density at radius 3 is 2.37 bits per heavy atom. The molecule has 0 unspecified atom stereocenters. The maximum Gasteiger partial charge on any atom is 0.241 e. The fourth-order valence-electron chi connectivity index (χ4n) is 3.90. The largest absolute Gasteiger partial charge is 0.492 e. The van der Waals surface area contributed by atoms with Gasteiger partial charge in [-0.1, -0.05) is 47.5 Å². The number of aromatic nitrogens is 1. The van der Waals surface area contributed by atoms with Crippen LogP contribution in [0.2, 0.25) is 10.2 Å². The highest BCUT2D eigenvalue weighted by Crippen LogP contribution is 2.34. The summed E-state index contributed by atoms with van der Waals surface area (Å²) in [6.45, 7) is 1.30. The van der Waals surface area contributed by atoms with Gasteiger partial charge in [-0.15, -0.1) is 24.8 Å². The van der Waals surface area contributed by atoms with E-state index in [-0.39, 0.29) is 41.4 Å². The first-order valence-electron chi connectivity index (χ1n) is 11.8. The van der Waals surface area contributed by atoms with Gasteiger partial charge < -0.3 is 10.1 Å². The molecule has 4 aromatic rings. The Hall–Kier alpha value is -2.35. The average Bonchev–Trinajstić information content (AvgIpc) is 2.88. The van der Waals surface area contributed by atoms with E-state index < -0.39 is 20.0 Å². The van der Waals surface area contributed by atoms with Gasteiger partial charge in [0.2, 0.25) is 20.0 Å². The first-order chi connectivity index (χ1) is 18.5. The van der Waals surface area contributed by atoms with E-state index in [1.54, 1.807) is 54.6 Å². The second-order valence-electron chi connectivity index (χ2n) is 8.54. The topological polar surface area (TPSA) is 126 Å². The van der Waals surface area contributed by atoms with Crippen molar-refractivity contribution in [3.8, 4) is 16.9 Å². The zero-order chi connectivity index (χ0) is 28.0. The lowest BCUT2D eigenvalue weighted by Crippen LogP contribution is -2.33. The number of pyridine rings is 1. The van der Waals surface area contributed by atoms with Gasteiger partial charge >= 0.3 is 0 Å². The fourth-order valence-corrected chi connectivity index (χ4v) is 6.10. The maximum atomic E-state index is 12.9. The summed E-state index contributed by atoms with van der Waals surface area (Å²) >= 11 is 12.3. The molecule has 41 heavy (non-hydrogen) atoms. The van der Waals surface area contributed by atoms with Crippen LogP contribution in [0, 0.1) is 0 Å². The van der Waals surface area contributed by atoms with E-state index in [1.807, 2.05) is 6.07 Å². The van der Waals surface area contributed by atoms with Crippen LogP contribution in [-0.4, -0.2) is 54.3 Å². The monoisotopic (exact) mass is 680 g/mol. The van der Waals surface area contributed by atoms with Gasteiger partial charge in [-0.05, 0) is 48.0 Å². The minimum Gasteiger partial charge on any atom is -0.492 e. The van der Waals surface area contributed by atoms with Gasteiger partial charge in [0.15, 0.2) is 0 Å². The van der Waals surface area contributed by atoms with E-state index in [4.69, 9.17) is 27.9 Å². The number of nitrogens with one attached hydrogen (secondary N) is 3. The third-order valence-electron chi connectivity index (χ3n) is 5.56. The molecule has 0 amide bonds. The third kappa shape index (κ3) is 9.59. The molecule has 0 saturated carbocycles. The molecule has 0 fully saturated rings. The molecular formula is C26H28Cl4N4O5S2. The number of sulfonamides is 2. The van der Waals surface area contributed by atoms with Gasteiger partial charge in [0.1, 0.15) is 17.5 Å². The Balaban J connectivity index is 0.00000294. The van der Waals surface area contributed by atoms with Crippen LogP contribution >= 0.6 is 48.0 Å². The predicted octanol–water partition coefficient (Wildman–Crippen LogP) is 5.37. The summed E-state index contributed by atoms with van der Waals surface area (Å²) in [6.07, 6.45) is 2.56. The molecule has 0 spiro atoms. The zero-order valence-electron chi connectivity index (χ0n) is 21.6. The van der Waals surface area contributed by atoms with Crippen LogP contribution in [0.4, 0.5) is 5.69 Å². The molecule has 3 aromatic carbocycles. The summed E-state index contributed by atoms with van der Waals surface area (Å²) in [5, 5.41) is 4.97. The minimum atomic E-state index is -3.76. The first kappa shape index (κ1) is 34.8. The van der Waals surface area contributed by atoms with Crippen molar-refractivity contribution in [3.05, 3.63) is 83.1 Å². The molecule has 1 aromatic heterocycles. The van der Waals surface area contributed by atoms with Crippen LogP contribution in [0.3, 0.4) is 0 Å². The molecule has 0 aliphatic heterocycles. The maximum absolute atomic E-state index is 12.9. The summed E-state index contributed by atoms with van der Waals surface area (Å²) in [7, 11) is -7.18. The van der Waals surface area contributed by atoms with Crippen molar-refractivity contribution < 1.29 is 21.6 Å². The van der Waals surface area contributed by atoms with E-state index in [0.29, 0.717) is 52.5 Å². The van der Waals surface area contributed by atoms with E-state index >= 15 is 0 Å². The van der Waals surface area contributed by atoms with Crippen LogP contribution in [0.25, 0.3) is 21.9 Å². The highest BCUT2D eigenvalue weighted by atomic mass is 35.5. The Bertz CT molecular complexity index is 1710. The summed E-state index contributed by atoms with van der Waals surface area (Å²) in [5.41, 5.74) is 1.86.